The number of aromatic hydroxyl groups is 2. The molecule has 1 heterocycles. The Morgan fingerprint density at radius 2 is 1.63 bits per heavy atom. The minimum atomic E-state index is -1.75. The van der Waals surface area contributed by atoms with E-state index < -0.39 is 41.7 Å². The summed E-state index contributed by atoms with van der Waals surface area (Å²) >= 11 is 0. The standard InChI is InChI=1S/C22H19NO12/c1-32-16-3-9(14-8-13(26)19-12(25)5-10(24)6-15(19)34-14)4-17(33-2)20(16)35-22(31)23-11(21(29)30)7-18(27)28/h3-6,8,11,24-25H,7H2,1-2H3,(H,23,31)(H,27,28)(H,29,30)/t11-/m0/s1. The van der Waals surface area contributed by atoms with Crippen LogP contribution in [0.2, 0.25) is 0 Å². The summed E-state index contributed by atoms with van der Waals surface area (Å²) in [5, 5.41) is 39.3. The van der Waals surface area contributed by atoms with E-state index in [9.17, 15) is 29.4 Å². The molecule has 0 aliphatic heterocycles. The predicted molar refractivity (Wildman–Crippen MR) is 117 cm³/mol. The van der Waals surface area contributed by atoms with Crippen LogP contribution in [0, 0.1) is 0 Å². The van der Waals surface area contributed by atoms with Crippen molar-refractivity contribution in [1.82, 2.24) is 5.32 Å². The van der Waals surface area contributed by atoms with Gasteiger partial charge in [0.05, 0.1) is 20.6 Å². The van der Waals surface area contributed by atoms with E-state index in [1.54, 1.807) is 0 Å². The molecular weight excluding hydrogens is 470 g/mol. The van der Waals surface area contributed by atoms with Crippen molar-refractivity contribution < 1.29 is 53.4 Å². The van der Waals surface area contributed by atoms with Crippen LogP contribution in [0.4, 0.5) is 4.79 Å². The lowest BCUT2D eigenvalue weighted by Crippen LogP contribution is -2.43. The summed E-state index contributed by atoms with van der Waals surface area (Å²) in [4.78, 5) is 46.8. The Labute approximate surface area is 195 Å². The molecule has 13 nitrogen and oxygen atoms in total. The monoisotopic (exact) mass is 489 g/mol. The van der Waals surface area contributed by atoms with Gasteiger partial charge in [0.15, 0.2) is 16.9 Å². The van der Waals surface area contributed by atoms with Gasteiger partial charge in [-0.2, -0.15) is 0 Å². The van der Waals surface area contributed by atoms with Crippen LogP contribution in [0.25, 0.3) is 22.3 Å². The molecule has 5 N–H and O–H groups in total. The third kappa shape index (κ3) is 5.35. The molecule has 0 saturated carbocycles. The summed E-state index contributed by atoms with van der Waals surface area (Å²) in [6.07, 6.45) is -2.17. The molecule has 0 fully saturated rings. The second kappa shape index (κ2) is 9.91. The molecule has 0 unspecified atom stereocenters. The second-order valence-electron chi connectivity index (χ2n) is 7.05. The Morgan fingerprint density at radius 3 is 2.17 bits per heavy atom. The van der Waals surface area contributed by atoms with Gasteiger partial charge in [0.1, 0.15) is 34.3 Å². The average Bonchev–Trinajstić information content (AvgIpc) is 2.77. The molecule has 3 aromatic rings. The lowest BCUT2D eigenvalue weighted by molar-refractivity contribution is -0.145. The number of fused-ring (bicyclic) bond motifs is 1. The molecular formula is C22H19NO12. The highest BCUT2D eigenvalue weighted by atomic mass is 16.6. The molecule has 13 heteroatoms. The zero-order valence-corrected chi connectivity index (χ0v) is 18.2. The lowest BCUT2D eigenvalue weighted by Gasteiger charge is -2.17. The molecule has 1 amide bonds. The van der Waals surface area contributed by atoms with Gasteiger partial charge >= 0.3 is 18.0 Å². The molecule has 0 spiro atoms. The van der Waals surface area contributed by atoms with E-state index in [1.807, 2.05) is 5.32 Å². The Bertz CT molecular complexity index is 1350. The maximum atomic E-state index is 12.5. The van der Waals surface area contributed by atoms with Crippen LogP contribution in [0.3, 0.4) is 0 Å². The van der Waals surface area contributed by atoms with Gasteiger partial charge in [-0.25, -0.2) is 9.59 Å². The number of carboxylic acids is 2. The van der Waals surface area contributed by atoms with E-state index in [0.29, 0.717) is 0 Å². The summed E-state index contributed by atoms with van der Waals surface area (Å²) in [5.74, 6) is -4.27. The second-order valence-corrected chi connectivity index (χ2v) is 7.05. The number of benzene rings is 2. The number of amides is 1. The highest BCUT2D eigenvalue weighted by Crippen LogP contribution is 2.42. The Hall–Kier alpha value is -4.94. The topological polar surface area (TPSA) is 202 Å². The third-order valence-electron chi connectivity index (χ3n) is 4.70. The molecule has 184 valence electrons. The SMILES string of the molecule is COc1cc(-c2cc(=O)c3c(O)cc(O)cc3o2)cc(OC)c1OC(=O)N[C@@H](CC(=O)O)C(=O)O. The first-order valence-electron chi connectivity index (χ1n) is 9.73. The highest BCUT2D eigenvalue weighted by Gasteiger charge is 2.26. The summed E-state index contributed by atoms with van der Waals surface area (Å²) in [5.41, 5.74) is -0.474. The van der Waals surface area contributed by atoms with Gasteiger partial charge in [0.2, 0.25) is 5.75 Å². The summed E-state index contributed by atoms with van der Waals surface area (Å²) in [6.45, 7) is 0. The number of hydrogen-bond donors (Lipinski definition) is 5. The van der Waals surface area contributed by atoms with Crippen molar-refractivity contribution in [2.24, 2.45) is 0 Å². The van der Waals surface area contributed by atoms with E-state index in [1.165, 1.54) is 26.4 Å². The number of carbonyl (C=O) groups excluding carboxylic acids is 1. The van der Waals surface area contributed by atoms with E-state index >= 15 is 0 Å². The molecule has 2 aromatic carbocycles. The van der Waals surface area contributed by atoms with Crippen molar-refractivity contribution in [2.45, 2.75) is 12.5 Å². The molecule has 1 atom stereocenters. The summed E-state index contributed by atoms with van der Waals surface area (Å²) < 4.78 is 21.2. The first-order valence-corrected chi connectivity index (χ1v) is 9.73. The number of nitrogens with one attached hydrogen (secondary N) is 1. The quantitative estimate of drug-likeness (QED) is 0.308. The number of carboxylic acid groups (broad SMARTS) is 2. The molecule has 0 bridgehead atoms. The van der Waals surface area contributed by atoms with Crippen LogP contribution >= 0.6 is 0 Å². The molecule has 0 radical (unpaired) electrons. The van der Waals surface area contributed by atoms with E-state index in [0.717, 1.165) is 18.2 Å². The molecule has 0 saturated heterocycles. The van der Waals surface area contributed by atoms with Gasteiger partial charge < -0.3 is 44.4 Å². The number of rotatable bonds is 8. The molecule has 1 aromatic heterocycles. The van der Waals surface area contributed by atoms with Crippen LogP contribution in [0.1, 0.15) is 6.42 Å². The normalized spacial score (nSPS) is 11.5. The Balaban J connectivity index is 2.01. The zero-order valence-electron chi connectivity index (χ0n) is 18.2. The molecule has 0 aliphatic carbocycles. The molecule has 3 rings (SSSR count). The van der Waals surface area contributed by atoms with E-state index in [2.05, 4.69) is 0 Å². The van der Waals surface area contributed by atoms with E-state index in [-0.39, 0.29) is 45.3 Å². The lowest BCUT2D eigenvalue weighted by atomic mass is 10.1. The van der Waals surface area contributed by atoms with Gasteiger partial charge in [-0.3, -0.25) is 9.59 Å². The Kier molecular flexibility index (Phi) is 6.99. The van der Waals surface area contributed by atoms with Crippen LogP contribution < -0.4 is 25.0 Å². The highest BCUT2D eigenvalue weighted by molar-refractivity contribution is 5.87. The first-order chi connectivity index (χ1) is 16.5. The van der Waals surface area contributed by atoms with Crippen LogP contribution in [-0.2, 0) is 9.59 Å². The van der Waals surface area contributed by atoms with Crippen molar-refractivity contribution in [2.75, 3.05) is 14.2 Å². The number of phenolic OH excluding ortho intramolecular Hbond substituents is 2. The van der Waals surface area contributed by atoms with Crippen molar-refractivity contribution in [1.29, 1.82) is 0 Å². The molecule has 0 aliphatic rings. The van der Waals surface area contributed by atoms with Gasteiger partial charge in [-0.15, -0.1) is 0 Å². The summed E-state index contributed by atoms with van der Waals surface area (Å²) in [6, 6.07) is 4.12. The van der Waals surface area contributed by atoms with Crippen molar-refractivity contribution >= 4 is 29.0 Å². The van der Waals surface area contributed by atoms with Crippen LogP contribution in [0.15, 0.2) is 39.5 Å². The fourth-order valence-electron chi connectivity index (χ4n) is 3.16. The van der Waals surface area contributed by atoms with Crippen LogP contribution in [0.5, 0.6) is 28.7 Å². The first kappa shape index (κ1) is 24.7. The summed E-state index contributed by atoms with van der Waals surface area (Å²) in [7, 11) is 2.47. The van der Waals surface area contributed by atoms with Crippen molar-refractivity contribution in [3.05, 3.63) is 40.6 Å². The number of hydrogen-bond acceptors (Lipinski definition) is 10. The predicted octanol–water partition coefficient (Wildman–Crippen LogP) is 1.90. The minimum Gasteiger partial charge on any atom is -0.508 e. The number of aliphatic carboxylic acids is 2. The maximum absolute atomic E-state index is 12.5. The van der Waals surface area contributed by atoms with Gasteiger partial charge in [0.25, 0.3) is 0 Å². The fourth-order valence-corrected chi connectivity index (χ4v) is 3.16. The van der Waals surface area contributed by atoms with E-state index in [4.69, 9.17) is 28.8 Å². The third-order valence-corrected chi connectivity index (χ3v) is 4.70. The zero-order chi connectivity index (χ0) is 25.9. The average molecular weight is 489 g/mol. The Morgan fingerprint density at radius 1 is 1.00 bits per heavy atom. The van der Waals surface area contributed by atoms with Crippen molar-refractivity contribution in [3.63, 3.8) is 0 Å². The largest absolute Gasteiger partial charge is 0.508 e. The molecule has 35 heavy (non-hydrogen) atoms. The number of methoxy groups -OCH3 is 2. The minimum absolute atomic E-state index is 0.00694. The van der Waals surface area contributed by atoms with Gasteiger partial charge in [-0.05, 0) is 12.1 Å². The fraction of sp³-hybridized carbons (Fsp3) is 0.182. The maximum Gasteiger partial charge on any atom is 0.413 e. The van der Waals surface area contributed by atoms with Crippen molar-refractivity contribution in [3.8, 4) is 40.1 Å². The van der Waals surface area contributed by atoms with Gasteiger partial charge in [0, 0.05) is 23.8 Å². The van der Waals surface area contributed by atoms with Gasteiger partial charge in [-0.1, -0.05) is 0 Å². The number of phenols is 2. The van der Waals surface area contributed by atoms with Crippen LogP contribution in [-0.4, -0.2) is 58.7 Å². The number of ether oxygens (including phenoxy) is 3. The smallest absolute Gasteiger partial charge is 0.413 e. The number of carbonyl (C=O) groups is 3.